The predicted octanol–water partition coefficient (Wildman–Crippen LogP) is 2.17. The van der Waals surface area contributed by atoms with E-state index in [0.29, 0.717) is 5.54 Å². The van der Waals surface area contributed by atoms with Crippen LogP contribution in [0.15, 0.2) is 0 Å². The first-order chi connectivity index (χ1) is 9.09. The summed E-state index contributed by atoms with van der Waals surface area (Å²) in [5.41, 5.74) is 6.51. The lowest BCUT2D eigenvalue weighted by molar-refractivity contribution is 0.0372. The molecule has 2 heterocycles. The van der Waals surface area contributed by atoms with E-state index >= 15 is 0 Å². The molecule has 3 heteroatoms. The van der Waals surface area contributed by atoms with Crippen molar-refractivity contribution in [3.8, 4) is 0 Å². The summed E-state index contributed by atoms with van der Waals surface area (Å²) in [6.45, 7) is 14.1. The molecular formula is C16H33N3. The Morgan fingerprint density at radius 1 is 1.21 bits per heavy atom. The van der Waals surface area contributed by atoms with Crippen LogP contribution in [0.5, 0.6) is 0 Å². The van der Waals surface area contributed by atoms with E-state index in [0.717, 1.165) is 18.4 Å². The molecule has 0 saturated carbocycles. The van der Waals surface area contributed by atoms with Crippen LogP contribution < -0.4 is 5.73 Å². The number of nitrogens with two attached hydrogens (primary N) is 1. The maximum Gasteiger partial charge on any atom is 0.0356 e. The van der Waals surface area contributed by atoms with Crippen LogP contribution in [0.1, 0.15) is 46.5 Å². The van der Waals surface area contributed by atoms with Crippen LogP contribution in [-0.4, -0.2) is 54.6 Å². The van der Waals surface area contributed by atoms with Crippen molar-refractivity contribution in [1.82, 2.24) is 9.80 Å². The molecule has 0 aromatic heterocycles. The highest BCUT2D eigenvalue weighted by molar-refractivity contribution is 4.99. The van der Waals surface area contributed by atoms with Crippen molar-refractivity contribution in [3.05, 3.63) is 0 Å². The molecule has 112 valence electrons. The number of nitrogens with zero attached hydrogens (tertiary/aromatic N) is 2. The largest absolute Gasteiger partial charge is 0.329 e. The minimum absolute atomic E-state index is 0.317. The van der Waals surface area contributed by atoms with Crippen molar-refractivity contribution >= 4 is 0 Å². The maximum atomic E-state index is 6.19. The van der Waals surface area contributed by atoms with Crippen LogP contribution in [0.2, 0.25) is 0 Å². The Hall–Kier alpha value is -0.120. The molecule has 2 saturated heterocycles. The van der Waals surface area contributed by atoms with Gasteiger partial charge < -0.3 is 10.6 Å². The van der Waals surface area contributed by atoms with Gasteiger partial charge in [-0.2, -0.15) is 0 Å². The van der Waals surface area contributed by atoms with Gasteiger partial charge in [-0.3, -0.25) is 4.90 Å². The second-order valence-electron chi connectivity index (χ2n) is 7.13. The van der Waals surface area contributed by atoms with E-state index in [9.17, 15) is 0 Å². The second kappa shape index (κ2) is 6.55. The van der Waals surface area contributed by atoms with Crippen LogP contribution in [0, 0.1) is 11.8 Å². The summed E-state index contributed by atoms with van der Waals surface area (Å²) in [6.07, 6.45) is 5.25. The third-order valence-corrected chi connectivity index (χ3v) is 5.32. The van der Waals surface area contributed by atoms with Gasteiger partial charge in [0.05, 0.1) is 0 Å². The third kappa shape index (κ3) is 3.50. The molecule has 2 aliphatic heterocycles. The van der Waals surface area contributed by atoms with Gasteiger partial charge in [0.2, 0.25) is 0 Å². The Morgan fingerprint density at radius 2 is 1.89 bits per heavy atom. The lowest BCUT2D eigenvalue weighted by Gasteiger charge is -2.47. The highest BCUT2D eigenvalue weighted by atomic mass is 15.3. The SMILES string of the molecule is CCC1CCN(C2(CN)CCN(CC(C)C)CC2)C1. The van der Waals surface area contributed by atoms with Gasteiger partial charge in [0.1, 0.15) is 0 Å². The highest BCUT2D eigenvalue weighted by Crippen LogP contribution is 2.33. The molecular weight excluding hydrogens is 234 g/mol. The Labute approximate surface area is 119 Å². The summed E-state index contributed by atoms with van der Waals surface area (Å²) in [5.74, 6) is 1.69. The first-order valence-corrected chi connectivity index (χ1v) is 8.27. The van der Waals surface area contributed by atoms with Gasteiger partial charge in [-0.15, -0.1) is 0 Å². The van der Waals surface area contributed by atoms with Gasteiger partial charge in [0, 0.05) is 25.2 Å². The lowest BCUT2D eigenvalue weighted by atomic mass is 9.85. The van der Waals surface area contributed by atoms with E-state index in [1.165, 1.54) is 58.4 Å². The molecule has 2 aliphatic rings. The summed E-state index contributed by atoms with van der Waals surface area (Å²) in [4.78, 5) is 5.36. The van der Waals surface area contributed by atoms with Crippen LogP contribution in [-0.2, 0) is 0 Å². The molecule has 1 unspecified atom stereocenters. The molecule has 2 fully saturated rings. The average molecular weight is 267 g/mol. The summed E-state index contributed by atoms with van der Waals surface area (Å²) in [6, 6.07) is 0. The Bertz CT molecular complexity index is 269. The van der Waals surface area contributed by atoms with Crippen molar-refractivity contribution in [2.75, 3.05) is 39.3 Å². The first kappa shape index (κ1) is 15.3. The van der Waals surface area contributed by atoms with Gasteiger partial charge in [0.25, 0.3) is 0 Å². The predicted molar refractivity (Wildman–Crippen MR) is 82.3 cm³/mol. The summed E-state index contributed by atoms with van der Waals surface area (Å²) >= 11 is 0. The monoisotopic (exact) mass is 267 g/mol. The van der Waals surface area contributed by atoms with Crippen molar-refractivity contribution in [1.29, 1.82) is 0 Å². The zero-order valence-electron chi connectivity index (χ0n) is 13.2. The molecule has 0 aromatic carbocycles. The van der Waals surface area contributed by atoms with Crippen LogP contribution in [0.25, 0.3) is 0 Å². The molecule has 2 N–H and O–H groups in total. The van der Waals surface area contributed by atoms with Gasteiger partial charge in [-0.05, 0) is 50.7 Å². The number of hydrogen-bond donors (Lipinski definition) is 1. The quantitative estimate of drug-likeness (QED) is 0.828. The van der Waals surface area contributed by atoms with E-state index in [1.54, 1.807) is 0 Å². The molecule has 0 aliphatic carbocycles. The Kier molecular flexibility index (Phi) is 5.27. The molecule has 1 atom stereocenters. The molecule has 0 amide bonds. The van der Waals surface area contributed by atoms with Crippen molar-refractivity contribution in [2.45, 2.75) is 52.0 Å². The van der Waals surface area contributed by atoms with E-state index in [4.69, 9.17) is 5.73 Å². The van der Waals surface area contributed by atoms with E-state index < -0.39 is 0 Å². The van der Waals surface area contributed by atoms with E-state index in [-0.39, 0.29) is 0 Å². The van der Waals surface area contributed by atoms with Crippen molar-refractivity contribution in [2.24, 2.45) is 17.6 Å². The second-order valence-corrected chi connectivity index (χ2v) is 7.13. The standard InChI is InChI=1S/C16H33N3/c1-4-15-5-8-19(12-15)16(13-17)6-9-18(10-7-16)11-14(2)3/h14-15H,4-13,17H2,1-3H3. The summed E-state index contributed by atoms with van der Waals surface area (Å²) in [5, 5.41) is 0. The van der Waals surface area contributed by atoms with Crippen LogP contribution >= 0.6 is 0 Å². The lowest BCUT2D eigenvalue weighted by Crippen LogP contribution is -2.59. The minimum Gasteiger partial charge on any atom is -0.329 e. The average Bonchev–Trinajstić information content (AvgIpc) is 2.89. The fourth-order valence-corrected chi connectivity index (χ4v) is 3.91. The topological polar surface area (TPSA) is 32.5 Å². The molecule has 2 rings (SSSR count). The molecule has 3 nitrogen and oxygen atoms in total. The number of piperidine rings is 1. The maximum absolute atomic E-state index is 6.19. The fourth-order valence-electron chi connectivity index (χ4n) is 3.91. The minimum atomic E-state index is 0.317. The Morgan fingerprint density at radius 3 is 2.37 bits per heavy atom. The fraction of sp³-hybridized carbons (Fsp3) is 1.00. The van der Waals surface area contributed by atoms with Gasteiger partial charge in [-0.25, -0.2) is 0 Å². The van der Waals surface area contributed by atoms with Crippen LogP contribution in [0.4, 0.5) is 0 Å². The van der Waals surface area contributed by atoms with Gasteiger partial charge in [0.15, 0.2) is 0 Å². The molecule has 0 bridgehead atoms. The van der Waals surface area contributed by atoms with E-state index in [2.05, 4.69) is 30.6 Å². The molecule has 0 spiro atoms. The first-order valence-electron chi connectivity index (χ1n) is 8.27. The Balaban J connectivity index is 1.91. The zero-order valence-corrected chi connectivity index (χ0v) is 13.2. The molecule has 19 heavy (non-hydrogen) atoms. The van der Waals surface area contributed by atoms with Gasteiger partial charge >= 0.3 is 0 Å². The van der Waals surface area contributed by atoms with Crippen molar-refractivity contribution in [3.63, 3.8) is 0 Å². The smallest absolute Gasteiger partial charge is 0.0356 e. The third-order valence-electron chi connectivity index (χ3n) is 5.32. The summed E-state index contributed by atoms with van der Waals surface area (Å²) in [7, 11) is 0. The highest BCUT2D eigenvalue weighted by Gasteiger charge is 2.41. The number of rotatable bonds is 5. The van der Waals surface area contributed by atoms with Crippen LogP contribution in [0.3, 0.4) is 0 Å². The normalized spacial score (nSPS) is 29.2. The number of likely N-dealkylation sites (tertiary alicyclic amines) is 2. The molecule has 0 aromatic rings. The summed E-state index contributed by atoms with van der Waals surface area (Å²) < 4.78 is 0. The van der Waals surface area contributed by atoms with Gasteiger partial charge in [-0.1, -0.05) is 27.2 Å². The van der Waals surface area contributed by atoms with Crippen molar-refractivity contribution < 1.29 is 0 Å². The molecule has 0 radical (unpaired) electrons. The zero-order chi connectivity index (χ0) is 13.9. The number of hydrogen-bond acceptors (Lipinski definition) is 3. The van der Waals surface area contributed by atoms with E-state index in [1.807, 2.05) is 0 Å².